The second-order valence-corrected chi connectivity index (χ2v) is 19.1. The highest BCUT2D eigenvalue weighted by Crippen LogP contribution is 2.26. The molecule has 2 aromatic carbocycles. The number of rotatable bonds is 19. The van der Waals surface area contributed by atoms with Crippen LogP contribution in [0.5, 0.6) is 0 Å². The number of nitrogens with zero attached hydrogens (tertiary/aromatic N) is 2. The normalized spacial score (nSPS) is 21.2. The molecule has 3 aromatic rings. The van der Waals surface area contributed by atoms with E-state index in [1.807, 2.05) is 24.3 Å². The van der Waals surface area contributed by atoms with E-state index in [1.54, 1.807) is 36.5 Å². The van der Waals surface area contributed by atoms with Crippen molar-refractivity contribution >= 4 is 81.5 Å². The van der Waals surface area contributed by atoms with Crippen molar-refractivity contribution in [2.45, 2.75) is 140 Å². The Morgan fingerprint density at radius 2 is 1.34 bits per heavy atom. The minimum atomic E-state index is -1.50. The summed E-state index contributed by atoms with van der Waals surface area (Å²) in [7, 11) is 0. The Hall–Kier alpha value is -8.18. The smallest absolute Gasteiger partial charge is 0.243 e. The molecule has 0 aliphatic carbocycles. The van der Waals surface area contributed by atoms with Gasteiger partial charge in [0.05, 0.1) is 6.04 Å². The zero-order valence-corrected chi connectivity index (χ0v) is 43.0. The standard InChI is InChI=1S/C52H74N14O10/c1-30(67)62-39(18-10-24-60-52(57)58)48(74)64-40-17-7-5-14-35(68)19-20-38(46(54)72)63-47(73)33(26-34-29-61-37-16-8-6-15-36(34)37)28-43(69)32(13-9-23-59-51(55)56)27-44(70)42(25-31-11-3-2-4-12-31)66-50(76)41(65-49(40)75)21-22-45(53)71/h2-4,6,8,11-12,15-16,29,32-33,38-42,61H,5,7,9-10,13-14,17-28H2,1H3,(H2,53,71)(H2,54,72)(H,62,67)(H,63,73)(H,64,74)(H,65,75)(H,66,76)(H4,55,56,59)(H4,57,58,60)/t32-,33-,38+,39-,40+,41+,42-/m1/s1. The van der Waals surface area contributed by atoms with Crippen molar-refractivity contribution in [3.63, 3.8) is 0 Å². The minimum Gasteiger partial charge on any atom is -0.370 e. The molecule has 1 saturated heterocycles. The van der Waals surface area contributed by atoms with E-state index in [-0.39, 0.29) is 121 Å². The highest BCUT2D eigenvalue weighted by molar-refractivity contribution is 5.98. The van der Waals surface area contributed by atoms with Gasteiger partial charge in [0.25, 0.3) is 0 Å². The van der Waals surface area contributed by atoms with Crippen LogP contribution in [-0.2, 0) is 60.8 Å². The summed E-state index contributed by atoms with van der Waals surface area (Å²) in [5.41, 5.74) is 35.5. The number of ketones is 3. The fraction of sp³-hybridized carbons (Fsp3) is 0.500. The Balaban J connectivity index is 1.78. The van der Waals surface area contributed by atoms with E-state index in [0.717, 1.165) is 10.9 Å². The Morgan fingerprint density at radius 1 is 0.684 bits per heavy atom. The van der Waals surface area contributed by atoms with Crippen molar-refractivity contribution in [2.24, 2.45) is 56.2 Å². The molecule has 2 heterocycles. The number of carbonyl (C=O) groups is 10. The number of aromatic nitrogens is 1. The Labute approximate surface area is 440 Å². The van der Waals surface area contributed by atoms with Crippen LogP contribution in [0, 0.1) is 11.8 Å². The third kappa shape index (κ3) is 21.0. The molecule has 0 saturated carbocycles. The molecule has 7 amide bonds. The third-order valence-electron chi connectivity index (χ3n) is 13.0. The van der Waals surface area contributed by atoms with Crippen molar-refractivity contribution in [3.05, 3.63) is 71.9 Å². The van der Waals surface area contributed by atoms with Crippen molar-refractivity contribution in [1.82, 2.24) is 31.6 Å². The Kier molecular flexibility index (Phi) is 24.5. The number of amides is 7. The summed E-state index contributed by atoms with van der Waals surface area (Å²) < 4.78 is 0. The predicted molar refractivity (Wildman–Crippen MR) is 284 cm³/mol. The molecular weight excluding hydrogens is 981 g/mol. The van der Waals surface area contributed by atoms with Crippen LogP contribution in [0.1, 0.15) is 108 Å². The average Bonchev–Trinajstić information content (AvgIpc) is 3.78. The fourth-order valence-corrected chi connectivity index (χ4v) is 8.97. The summed E-state index contributed by atoms with van der Waals surface area (Å²) in [4.78, 5) is 148. The second-order valence-electron chi connectivity index (χ2n) is 19.1. The lowest BCUT2D eigenvalue weighted by atomic mass is 9.83. The number of hydrogen-bond donors (Lipinski definition) is 12. The number of H-pyrrole nitrogens is 1. The van der Waals surface area contributed by atoms with Crippen LogP contribution in [0.15, 0.2) is 70.8 Å². The predicted octanol–water partition coefficient (Wildman–Crippen LogP) is -0.671. The molecule has 7 atom stereocenters. The fourth-order valence-electron chi connectivity index (χ4n) is 8.97. The number of guanidine groups is 2. The molecule has 24 heteroatoms. The van der Waals surface area contributed by atoms with E-state index in [1.165, 1.54) is 6.92 Å². The van der Waals surface area contributed by atoms with Gasteiger partial charge in [-0.15, -0.1) is 0 Å². The van der Waals surface area contributed by atoms with Gasteiger partial charge in [-0.25, -0.2) is 0 Å². The first-order valence-electron chi connectivity index (χ1n) is 25.5. The number of aromatic amines is 1. The number of aliphatic imine (C=N–C) groups is 2. The van der Waals surface area contributed by atoms with Crippen LogP contribution in [-0.4, -0.2) is 119 Å². The second kappa shape index (κ2) is 30.9. The topological polar surface area (TPSA) is 427 Å². The van der Waals surface area contributed by atoms with Gasteiger partial charge in [0.2, 0.25) is 41.4 Å². The van der Waals surface area contributed by atoms with Gasteiger partial charge < -0.3 is 66.0 Å². The maximum atomic E-state index is 14.8. The lowest BCUT2D eigenvalue weighted by Gasteiger charge is -2.27. The molecule has 1 aliphatic heterocycles. The lowest BCUT2D eigenvalue weighted by Crippen LogP contribution is -2.58. The molecule has 18 N–H and O–H groups in total. The van der Waals surface area contributed by atoms with Crippen LogP contribution in [0.4, 0.5) is 0 Å². The number of fused-ring (bicyclic) bond motifs is 1. The molecule has 24 nitrogen and oxygen atoms in total. The Morgan fingerprint density at radius 3 is 2.01 bits per heavy atom. The van der Waals surface area contributed by atoms with Crippen LogP contribution in [0.2, 0.25) is 0 Å². The summed E-state index contributed by atoms with van der Waals surface area (Å²) in [6.07, 6.45) is 0.660. The molecule has 0 radical (unpaired) electrons. The summed E-state index contributed by atoms with van der Waals surface area (Å²) in [5, 5.41) is 14.1. The number of benzene rings is 2. The SMILES string of the molecule is CC(=O)N[C@H](CCCN=C(N)N)C(=O)N[C@H]1CCCCC(=O)CC[C@@H](C(N)=O)NC(=O)[C@H](Cc2c[nH]c3ccccc23)CC(=O)[C@H](CCCN=C(N)N)CC(=O)[C@@H](Cc2ccccc2)NC(=O)[C@H](CCC(N)=O)NC1=O. The molecule has 1 aromatic heterocycles. The van der Waals surface area contributed by atoms with Gasteiger partial charge in [0, 0.05) is 81.1 Å². The summed E-state index contributed by atoms with van der Waals surface area (Å²) in [5.74, 6) is -9.34. The van der Waals surface area contributed by atoms with Gasteiger partial charge in [-0.1, -0.05) is 55.0 Å². The summed E-state index contributed by atoms with van der Waals surface area (Å²) >= 11 is 0. The molecular formula is C52H74N14O10. The van der Waals surface area contributed by atoms with E-state index in [9.17, 15) is 47.9 Å². The van der Waals surface area contributed by atoms with E-state index in [4.69, 9.17) is 34.4 Å². The van der Waals surface area contributed by atoms with E-state index >= 15 is 0 Å². The highest BCUT2D eigenvalue weighted by atomic mass is 16.2. The largest absolute Gasteiger partial charge is 0.370 e. The van der Waals surface area contributed by atoms with Gasteiger partial charge in [0.15, 0.2) is 17.7 Å². The Bertz CT molecular complexity index is 2580. The zero-order valence-electron chi connectivity index (χ0n) is 43.0. The first kappa shape index (κ1) is 60.4. The van der Waals surface area contributed by atoms with Gasteiger partial charge in [0.1, 0.15) is 35.7 Å². The van der Waals surface area contributed by atoms with Crippen LogP contribution >= 0.6 is 0 Å². The summed E-state index contributed by atoms with van der Waals surface area (Å²) in [6, 6.07) is 9.41. The van der Waals surface area contributed by atoms with Crippen molar-refractivity contribution < 1.29 is 47.9 Å². The van der Waals surface area contributed by atoms with Crippen molar-refractivity contribution in [1.29, 1.82) is 0 Å². The third-order valence-corrected chi connectivity index (χ3v) is 13.0. The number of para-hydroxylation sites is 1. The molecule has 0 spiro atoms. The van der Waals surface area contributed by atoms with E-state index < -0.39 is 108 Å². The number of carbonyl (C=O) groups excluding carboxylic acids is 10. The van der Waals surface area contributed by atoms with Crippen LogP contribution in [0.25, 0.3) is 10.9 Å². The van der Waals surface area contributed by atoms with E-state index in [0.29, 0.717) is 11.1 Å². The maximum absolute atomic E-state index is 14.8. The van der Waals surface area contributed by atoms with Gasteiger partial charge >= 0.3 is 0 Å². The van der Waals surface area contributed by atoms with E-state index in [2.05, 4.69) is 41.6 Å². The first-order valence-corrected chi connectivity index (χ1v) is 25.5. The van der Waals surface area contributed by atoms with Crippen molar-refractivity contribution in [2.75, 3.05) is 13.1 Å². The number of nitrogens with two attached hydrogens (primary N) is 6. The molecule has 76 heavy (non-hydrogen) atoms. The highest BCUT2D eigenvalue weighted by Gasteiger charge is 2.35. The van der Waals surface area contributed by atoms with Crippen LogP contribution < -0.4 is 61.0 Å². The monoisotopic (exact) mass is 1050 g/mol. The molecule has 0 unspecified atom stereocenters. The lowest BCUT2D eigenvalue weighted by molar-refractivity contribution is -0.135. The quantitative estimate of drug-likeness (QED) is 0.0403. The molecule has 1 aliphatic rings. The molecule has 1 fully saturated rings. The number of Topliss-reactive ketones (excluding diaryl/α,β-unsaturated/α-hetero) is 3. The number of nitrogens with one attached hydrogen (secondary N) is 6. The minimum absolute atomic E-state index is 0.0283. The summed E-state index contributed by atoms with van der Waals surface area (Å²) in [6.45, 7) is 1.43. The number of primary amides is 2. The zero-order chi connectivity index (χ0) is 55.7. The number of hydrogen-bond acceptors (Lipinski definition) is 12. The first-order chi connectivity index (χ1) is 36.2. The molecule has 412 valence electrons. The van der Waals surface area contributed by atoms with Crippen molar-refractivity contribution in [3.8, 4) is 0 Å². The van der Waals surface area contributed by atoms with Gasteiger partial charge in [-0.3, -0.25) is 57.9 Å². The van der Waals surface area contributed by atoms with Crippen LogP contribution in [0.3, 0.4) is 0 Å². The average molecular weight is 1060 g/mol. The molecule has 4 rings (SSSR count). The van der Waals surface area contributed by atoms with Gasteiger partial charge in [-0.2, -0.15) is 0 Å². The molecule has 0 bridgehead atoms. The van der Waals surface area contributed by atoms with Gasteiger partial charge in [-0.05, 0) is 81.4 Å². The maximum Gasteiger partial charge on any atom is 0.243 e.